The molecule has 0 spiro atoms. The Kier molecular flexibility index (Phi) is 7.94. The van der Waals surface area contributed by atoms with Gasteiger partial charge in [-0.25, -0.2) is 0 Å². The zero-order chi connectivity index (χ0) is 14.2. The second-order valence-electron chi connectivity index (χ2n) is 3.29. The van der Waals surface area contributed by atoms with Crippen LogP contribution in [-0.4, -0.2) is 76.7 Å². The van der Waals surface area contributed by atoms with Gasteiger partial charge >= 0.3 is 11.9 Å². The molecule has 0 aromatic rings. The molecule has 0 aliphatic heterocycles. The van der Waals surface area contributed by atoms with Crippen LogP contribution in [0.25, 0.3) is 0 Å². The first-order valence-corrected chi connectivity index (χ1v) is 4.89. The Labute approximate surface area is 111 Å². The molecular formula is C7H10B5O6. The Bertz CT molecular complexity index is 269. The van der Waals surface area contributed by atoms with Gasteiger partial charge in [0.1, 0.15) is 0 Å². The minimum absolute atomic E-state index is 0.421. The lowest BCUT2D eigenvalue weighted by Gasteiger charge is -2.28. The predicted molar refractivity (Wildman–Crippen MR) is 67.1 cm³/mol. The van der Waals surface area contributed by atoms with Gasteiger partial charge in [-0.1, -0.05) is 0 Å². The van der Waals surface area contributed by atoms with E-state index in [2.05, 4.69) is 9.47 Å². The minimum atomic E-state index is -1.84. The molecule has 11 heteroatoms. The number of rotatable bonds is 8. The standard InChI is InChI=1S/C7H10B5O6/c1-15-5(13)7(3-17-11-8,6(14)16-2)4-18-12(9)10/h3-4H2,1-2H3. The molecule has 18 heavy (non-hydrogen) atoms. The summed E-state index contributed by atoms with van der Waals surface area (Å²) in [6.07, 6.45) is 0. The summed E-state index contributed by atoms with van der Waals surface area (Å²) >= 11 is 0. The second kappa shape index (κ2) is 8.32. The maximum atomic E-state index is 11.7. The number of esters is 2. The number of hydrogen-bond acceptors (Lipinski definition) is 6. The van der Waals surface area contributed by atoms with Crippen molar-refractivity contribution in [2.75, 3.05) is 27.4 Å². The second-order valence-corrected chi connectivity index (χ2v) is 3.29. The van der Waals surface area contributed by atoms with Crippen molar-refractivity contribution < 1.29 is 28.4 Å². The molecule has 0 fully saturated rings. The Morgan fingerprint density at radius 1 is 1.17 bits per heavy atom. The number of carbonyl (C=O) groups is 2. The van der Waals surface area contributed by atoms with Crippen molar-refractivity contribution in [3.63, 3.8) is 0 Å². The molecule has 0 amide bonds. The van der Waals surface area contributed by atoms with Gasteiger partial charge in [0.2, 0.25) is 12.8 Å². The molecule has 0 aliphatic rings. The minimum Gasteiger partial charge on any atom is -0.468 e. The van der Waals surface area contributed by atoms with E-state index in [1.807, 2.05) is 0 Å². The fourth-order valence-electron chi connectivity index (χ4n) is 1.18. The van der Waals surface area contributed by atoms with E-state index in [1.165, 1.54) is 0 Å². The topological polar surface area (TPSA) is 71.1 Å². The van der Waals surface area contributed by atoms with Crippen LogP contribution in [0.1, 0.15) is 0 Å². The number of carbonyl (C=O) groups excluding carboxylic acids is 2. The maximum absolute atomic E-state index is 11.7. The Balaban J connectivity index is 5.11. The molecule has 7 radical (unpaired) electrons. The van der Waals surface area contributed by atoms with E-state index in [9.17, 15) is 9.59 Å². The van der Waals surface area contributed by atoms with Gasteiger partial charge in [-0.3, -0.25) is 9.59 Å². The van der Waals surface area contributed by atoms with Crippen molar-refractivity contribution >= 4 is 49.2 Å². The van der Waals surface area contributed by atoms with E-state index in [4.69, 9.17) is 32.5 Å². The normalized spacial score (nSPS) is 10.6. The predicted octanol–water partition coefficient (Wildman–Crippen LogP) is -2.62. The number of methoxy groups -OCH3 is 2. The first-order chi connectivity index (χ1) is 8.44. The van der Waals surface area contributed by atoms with Crippen LogP contribution < -0.4 is 0 Å². The van der Waals surface area contributed by atoms with Gasteiger partial charge < -0.3 is 18.8 Å². The third kappa shape index (κ3) is 4.46. The van der Waals surface area contributed by atoms with E-state index in [1.54, 1.807) is 0 Å². The highest BCUT2D eigenvalue weighted by molar-refractivity contribution is 7.26. The van der Waals surface area contributed by atoms with Crippen LogP contribution in [0.2, 0.25) is 0 Å². The van der Waals surface area contributed by atoms with Gasteiger partial charge in [0, 0.05) is 0 Å². The number of ether oxygens (including phenoxy) is 2. The molecule has 89 valence electrons. The van der Waals surface area contributed by atoms with E-state index in [-0.39, 0.29) is 0 Å². The molecule has 0 aromatic heterocycles. The molecular weight excluding hydrogens is 234 g/mol. The van der Waals surface area contributed by atoms with Crippen LogP contribution in [-0.2, 0) is 28.4 Å². The summed E-state index contributed by atoms with van der Waals surface area (Å²) in [4.78, 5) is 23.5. The Morgan fingerprint density at radius 2 is 1.67 bits per heavy atom. The van der Waals surface area contributed by atoms with Crippen molar-refractivity contribution in [3.05, 3.63) is 0 Å². The summed E-state index contributed by atoms with van der Waals surface area (Å²) in [6.45, 7) is -2.05. The highest BCUT2D eigenvalue weighted by atomic mass is 16.6. The Morgan fingerprint density at radius 3 is 2.00 bits per heavy atom. The molecule has 0 aromatic carbocycles. The highest BCUT2D eigenvalue weighted by Crippen LogP contribution is 2.23. The van der Waals surface area contributed by atoms with Crippen molar-refractivity contribution in [2.45, 2.75) is 0 Å². The van der Waals surface area contributed by atoms with E-state index in [0.29, 0.717) is 0 Å². The van der Waals surface area contributed by atoms with Crippen LogP contribution in [0.15, 0.2) is 0 Å². The van der Waals surface area contributed by atoms with Crippen LogP contribution in [0.4, 0.5) is 0 Å². The third-order valence-electron chi connectivity index (χ3n) is 2.10. The first-order valence-electron chi connectivity index (χ1n) is 4.89. The average molecular weight is 244 g/mol. The molecule has 0 aliphatic carbocycles. The molecule has 0 bridgehead atoms. The van der Waals surface area contributed by atoms with Gasteiger partial charge in [-0.15, -0.1) is 0 Å². The molecule has 0 atom stereocenters. The maximum Gasteiger partial charge on any atom is 0.327 e. The largest absolute Gasteiger partial charge is 0.468 e. The molecule has 6 nitrogen and oxygen atoms in total. The molecule has 0 saturated heterocycles. The summed E-state index contributed by atoms with van der Waals surface area (Å²) in [5.74, 6) is -1.81. The van der Waals surface area contributed by atoms with Gasteiger partial charge in [-0.05, 0) is 0 Å². The fourth-order valence-corrected chi connectivity index (χ4v) is 1.18. The summed E-state index contributed by atoms with van der Waals surface area (Å²) in [6, 6.07) is 0. The van der Waals surface area contributed by atoms with Crippen LogP contribution in [0.5, 0.6) is 0 Å². The van der Waals surface area contributed by atoms with Crippen molar-refractivity contribution in [3.8, 4) is 0 Å². The lowest BCUT2D eigenvalue weighted by atomic mass is 9.32. The van der Waals surface area contributed by atoms with Crippen molar-refractivity contribution in [2.24, 2.45) is 5.41 Å². The third-order valence-corrected chi connectivity index (χ3v) is 2.10. The molecule has 0 heterocycles. The average Bonchev–Trinajstić information content (AvgIpc) is 2.37. The summed E-state index contributed by atoms with van der Waals surface area (Å²) in [7, 11) is 18.4. The van der Waals surface area contributed by atoms with Crippen LogP contribution >= 0.6 is 0 Å². The van der Waals surface area contributed by atoms with E-state index in [0.717, 1.165) is 21.6 Å². The number of hydrogen-bond donors (Lipinski definition) is 0. The van der Waals surface area contributed by atoms with Gasteiger partial charge in [0.05, 0.1) is 50.6 Å². The summed E-state index contributed by atoms with van der Waals surface area (Å²) < 4.78 is 18.7. The zero-order valence-corrected chi connectivity index (χ0v) is 10.3. The van der Waals surface area contributed by atoms with Crippen LogP contribution in [0.3, 0.4) is 0 Å². The van der Waals surface area contributed by atoms with E-state index >= 15 is 0 Å². The highest BCUT2D eigenvalue weighted by Gasteiger charge is 2.49. The zero-order valence-electron chi connectivity index (χ0n) is 10.3. The molecule has 0 saturated carbocycles. The summed E-state index contributed by atoms with van der Waals surface area (Å²) in [5.41, 5.74) is -1.84. The van der Waals surface area contributed by atoms with Crippen molar-refractivity contribution in [1.29, 1.82) is 0 Å². The molecule has 0 rings (SSSR count). The molecule has 0 N–H and O–H groups in total. The van der Waals surface area contributed by atoms with Crippen molar-refractivity contribution in [1.82, 2.24) is 0 Å². The van der Waals surface area contributed by atoms with Gasteiger partial charge in [0.15, 0.2) is 6.70 Å². The summed E-state index contributed by atoms with van der Waals surface area (Å²) in [5, 5.41) is 0. The lowest BCUT2D eigenvalue weighted by molar-refractivity contribution is -0.174. The smallest absolute Gasteiger partial charge is 0.327 e. The lowest BCUT2D eigenvalue weighted by Crippen LogP contribution is -2.50. The molecule has 0 unspecified atom stereocenters. The van der Waals surface area contributed by atoms with E-state index < -0.39 is 37.3 Å². The SMILES string of the molecule is [B][B]OCC(COB([B])[B])(C(=O)OC)C(=O)OC. The first kappa shape index (κ1) is 17.2. The Hall–Kier alpha value is -0.815. The monoisotopic (exact) mass is 245 g/mol. The van der Waals surface area contributed by atoms with Crippen LogP contribution in [0, 0.1) is 5.41 Å². The van der Waals surface area contributed by atoms with Gasteiger partial charge in [0.25, 0.3) is 0 Å². The fraction of sp³-hybridized carbons (Fsp3) is 0.714. The van der Waals surface area contributed by atoms with Gasteiger partial charge in [-0.2, -0.15) is 0 Å². The quantitative estimate of drug-likeness (QED) is 0.264.